The normalized spacial score (nSPS) is 22.9. The first-order valence-electron chi connectivity index (χ1n) is 7.16. The molecule has 3 rings (SSSR count). The summed E-state index contributed by atoms with van der Waals surface area (Å²) in [4.78, 5) is 0. The molecule has 1 aliphatic carbocycles. The lowest BCUT2D eigenvalue weighted by atomic mass is 9.88. The molecular formula is C16H23NO. The Morgan fingerprint density at radius 2 is 2.06 bits per heavy atom. The summed E-state index contributed by atoms with van der Waals surface area (Å²) in [6.45, 7) is 2.33. The van der Waals surface area contributed by atoms with Gasteiger partial charge in [-0.2, -0.15) is 0 Å². The highest BCUT2D eigenvalue weighted by atomic mass is 16.5. The first-order chi connectivity index (χ1) is 8.81. The summed E-state index contributed by atoms with van der Waals surface area (Å²) in [5, 5.41) is 3.44. The zero-order valence-electron chi connectivity index (χ0n) is 11.2. The predicted octanol–water partition coefficient (Wildman–Crippen LogP) is 2.88. The van der Waals surface area contributed by atoms with E-state index in [1.807, 2.05) is 7.11 Å². The third-order valence-corrected chi connectivity index (χ3v) is 4.53. The van der Waals surface area contributed by atoms with Crippen LogP contribution in [0.15, 0.2) is 24.3 Å². The highest BCUT2D eigenvalue weighted by Gasteiger charge is 2.42. The van der Waals surface area contributed by atoms with Crippen LogP contribution in [0.5, 0.6) is 0 Å². The number of benzene rings is 1. The average molecular weight is 245 g/mol. The van der Waals surface area contributed by atoms with Crippen molar-refractivity contribution in [3.8, 4) is 0 Å². The van der Waals surface area contributed by atoms with Crippen LogP contribution < -0.4 is 5.32 Å². The second-order valence-electron chi connectivity index (χ2n) is 5.83. The van der Waals surface area contributed by atoms with E-state index in [1.54, 1.807) is 0 Å². The van der Waals surface area contributed by atoms with E-state index < -0.39 is 0 Å². The molecule has 1 aliphatic heterocycles. The topological polar surface area (TPSA) is 21.3 Å². The van der Waals surface area contributed by atoms with Crippen LogP contribution in [0, 0.1) is 0 Å². The van der Waals surface area contributed by atoms with Gasteiger partial charge >= 0.3 is 0 Å². The Kier molecular flexibility index (Phi) is 3.40. The Hall–Kier alpha value is -0.860. The van der Waals surface area contributed by atoms with Crippen molar-refractivity contribution in [3.05, 3.63) is 35.4 Å². The minimum atomic E-state index is 0.173. The maximum absolute atomic E-state index is 5.63. The van der Waals surface area contributed by atoms with Crippen LogP contribution in [-0.4, -0.2) is 25.8 Å². The molecule has 0 amide bonds. The fourth-order valence-corrected chi connectivity index (χ4v) is 3.08. The van der Waals surface area contributed by atoms with E-state index in [1.165, 1.54) is 36.8 Å². The second-order valence-corrected chi connectivity index (χ2v) is 5.83. The third kappa shape index (κ3) is 2.60. The quantitative estimate of drug-likeness (QED) is 0.880. The molecule has 0 spiro atoms. The van der Waals surface area contributed by atoms with Gasteiger partial charge in [-0.25, -0.2) is 0 Å². The average Bonchev–Trinajstić information content (AvgIpc) is 3.20. The number of hydrogen-bond donors (Lipinski definition) is 1. The van der Waals surface area contributed by atoms with Crippen LogP contribution in [0.2, 0.25) is 0 Å². The van der Waals surface area contributed by atoms with Crippen molar-refractivity contribution >= 4 is 0 Å². The molecule has 1 heterocycles. The number of hydrogen-bond acceptors (Lipinski definition) is 2. The van der Waals surface area contributed by atoms with Gasteiger partial charge in [0.1, 0.15) is 0 Å². The van der Waals surface area contributed by atoms with E-state index in [-0.39, 0.29) is 5.60 Å². The molecule has 2 aliphatic rings. The molecule has 0 atom stereocenters. The highest BCUT2D eigenvalue weighted by Crippen LogP contribution is 2.42. The summed E-state index contributed by atoms with van der Waals surface area (Å²) in [7, 11) is 1.85. The maximum atomic E-state index is 5.63. The molecule has 2 nitrogen and oxygen atoms in total. The van der Waals surface area contributed by atoms with Gasteiger partial charge in [0.25, 0.3) is 0 Å². The molecule has 18 heavy (non-hydrogen) atoms. The zero-order valence-corrected chi connectivity index (χ0v) is 11.2. The summed E-state index contributed by atoms with van der Waals surface area (Å²) in [5.41, 5.74) is 3.15. The van der Waals surface area contributed by atoms with Crippen LogP contribution in [0.4, 0.5) is 0 Å². The lowest BCUT2D eigenvalue weighted by Crippen LogP contribution is -2.26. The van der Waals surface area contributed by atoms with Crippen LogP contribution in [0.3, 0.4) is 0 Å². The summed E-state index contributed by atoms with van der Waals surface area (Å²) in [6, 6.07) is 9.18. The number of rotatable bonds is 4. The molecule has 98 valence electrons. The van der Waals surface area contributed by atoms with Crippen LogP contribution in [-0.2, 0) is 11.2 Å². The van der Waals surface area contributed by atoms with Crippen LogP contribution in [0.25, 0.3) is 0 Å². The molecule has 1 aromatic rings. The number of piperidine rings is 1. The Morgan fingerprint density at radius 3 is 2.72 bits per heavy atom. The molecule has 1 saturated carbocycles. The predicted molar refractivity (Wildman–Crippen MR) is 74.0 cm³/mol. The molecule has 1 N–H and O–H groups in total. The Morgan fingerprint density at radius 1 is 1.28 bits per heavy atom. The number of ether oxygens (including phenoxy) is 1. The Balaban J connectivity index is 1.72. The Bertz CT molecular complexity index is 405. The standard InChI is InChI=1S/C16H23NO/c1-18-16(7-8-16)12-13-3-2-4-15(11-13)14-5-9-17-10-6-14/h2-4,11,14,17H,5-10,12H2,1H3. The number of nitrogens with one attached hydrogen (secondary N) is 1. The Labute approximate surface area is 110 Å². The van der Waals surface area contributed by atoms with Gasteiger partial charge in [0.15, 0.2) is 0 Å². The van der Waals surface area contributed by atoms with Crippen molar-refractivity contribution in [3.63, 3.8) is 0 Å². The zero-order chi connectivity index (χ0) is 12.4. The van der Waals surface area contributed by atoms with Crippen LogP contribution in [0.1, 0.15) is 42.7 Å². The van der Waals surface area contributed by atoms with E-state index in [0.29, 0.717) is 0 Å². The third-order valence-electron chi connectivity index (χ3n) is 4.53. The largest absolute Gasteiger partial charge is 0.378 e. The van der Waals surface area contributed by atoms with Gasteiger partial charge < -0.3 is 10.1 Å². The van der Waals surface area contributed by atoms with Gasteiger partial charge in [-0.3, -0.25) is 0 Å². The lowest BCUT2D eigenvalue weighted by molar-refractivity contribution is 0.0807. The van der Waals surface area contributed by atoms with Crippen LogP contribution >= 0.6 is 0 Å². The highest BCUT2D eigenvalue weighted by molar-refractivity contribution is 5.29. The summed E-state index contributed by atoms with van der Waals surface area (Å²) >= 11 is 0. The van der Waals surface area contributed by atoms with E-state index in [9.17, 15) is 0 Å². The van der Waals surface area contributed by atoms with E-state index in [2.05, 4.69) is 29.6 Å². The first-order valence-corrected chi connectivity index (χ1v) is 7.16. The fourth-order valence-electron chi connectivity index (χ4n) is 3.08. The van der Waals surface area contributed by atoms with Gasteiger partial charge in [0.05, 0.1) is 5.60 Å². The van der Waals surface area contributed by atoms with Crippen molar-refractivity contribution in [2.24, 2.45) is 0 Å². The molecule has 0 aromatic heterocycles. The van der Waals surface area contributed by atoms with Gasteiger partial charge in [0.2, 0.25) is 0 Å². The van der Waals surface area contributed by atoms with Gasteiger partial charge in [-0.05, 0) is 55.8 Å². The van der Waals surface area contributed by atoms with Gasteiger partial charge in [-0.1, -0.05) is 24.3 Å². The molecule has 0 radical (unpaired) electrons. The number of methoxy groups -OCH3 is 1. The van der Waals surface area contributed by atoms with Crippen molar-refractivity contribution in [2.45, 2.75) is 43.6 Å². The molecular weight excluding hydrogens is 222 g/mol. The fraction of sp³-hybridized carbons (Fsp3) is 0.625. The molecule has 1 aromatic carbocycles. The van der Waals surface area contributed by atoms with Crippen molar-refractivity contribution in [1.29, 1.82) is 0 Å². The van der Waals surface area contributed by atoms with Crippen molar-refractivity contribution < 1.29 is 4.74 Å². The monoisotopic (exact) mass is 245 g/mol. The maximum Gasteiger partial charge on any atom is 0.0721 e. The summed E-state index contributed by atoms with van der Waals surface area (Å²) in [5.74, 6) is 0.754. The molecule has 2 fully saturated rings. The van der Waals surface area contributed by atoms with E-state index in [4.69, 9.17) is 4.74 Å². The van der Waals surface area contributed by atoms with Gasteiger partial charge in [0, 0.05) is 13.5 Å². The van der Waals surface area contributed by atoms with Gasteiger partial charge in [-0.15, -0.1) is 0 Å². The second kappa shape index (κ2) is 5.02. The molecule has 1 saturated heterocycles. The molecule has 2 heteroatoms. The minimum Gasteiger partial charge on any atom is -0.378 e. The smallest absolute Gasteiger partial charge is 0.0721 e. The first kappa shape index (κ1) is 12.2. The minimum absolute atomic E-state index is 0.173. The summed E-state index contributed by atoms with van der Waals surface area (Å²) < 4.78 is 5.63. The van der Waals surface area contributed by atoms with Crippen molar-refractivity contribution in [1.82, 2.24) is 5.32 Å². The van der Waals surface area contributed by atoms with Crippen molar-refractivity contribution in [2.75, 3.05) is 20.2 Å². The molecule has 0 bridgehead atoms. The molecule has 0 unspecified atom stereocenters. The van der Waals surface area contributed by atoms with E-state index in [0.717, 1.165) is 25.4 Å². The lowest BCUT2D eigenvalue weighted by Gasteiger charge is -2.23. The summed E-state index contributed by atoms with van der Waals surface area (Å²) in [6.07, 6.45) is 6.09. The van der Waals surface area contributed by atoms with E-state index >= 15 is 0 Å². The SMILES string of the molecule is COC1(Cc2cccc(C3CCNCC3)c2)CC1.